The summed E-state index contributed by atoms with van der Waals surface area (Å²) in [7, 11) is 1.63. The number of piperidine rings is 1. The third-order valence-electron chi connectivity index (χ3n) is 5.56. The van der Waals surface area contributed by atoms with E-state index in [1.165, 1.54) is 0 Å². The van der Waals surface area contributed by atoms with Gasteiger partial charge in [0.25, 0.3) is 0 Å². The second kappa shape index (κ2) is 8.87. The van der Waals surface area contributed by atoms with Gasteiger partial charge < -0.3 is 20.7 Å². The van der Waals surface area contributed by atoms with Crippen LogP contribution in [0.25, 0.3) is 5.65 Å². The molecule has 0 atom stereocenters. The maximum Gasteiger partial charge on any atom is 0.207 e. The molecular formula is C22H29FN6O. The summed E-state index contributed by atoms with van der Waals surface area (Å²) in [4.78, 5) is 4.63. The number of nitrogens with one attached hydrogen (secondary N) is 3. The molecule has 7 nitrogen and oxygen atoms in total. The molecule has 3 N–H and O–H groups in total. The molecule has 0 aliphatic carbocycles. The number of anilines is 2. The highest BCUT2D eigenvalue weighted by molar-refractivity contribution is 5.62. The molecule has 1 saturated heterocycles. The first-order valence-corrected chi connectivity index (χ1v) is 10.5. The van der Waals surface area contributed by atoms with E-state index in [4.69, 9.17) is 4.74 Å². The highest BCUT2D eigenvalue weighted by atomic mass is 19.1. The number of hydrogen-bond donors (Lipinski definition) is 3. The van der Waals surface area contributed by atoms with Crippen molar-refractivity contribution in [1.29, 1.82) is 0 Å². The second-order valence-electron chi connectivity index (χ2n) is 7.95. The SMILES string of the molecule is COc1ccccc1CNc1c(F)c(NC2CCNCC2)nc2c(C(C)C)cnn12. The second-order valence-corrected chi connectivity index (χ2v) is 7.95. The minimum atomic E-state index is -0.422. The van der Waals surface area contributed by atoms with Crippen LogP contribution in [0.3, 0.4) is 0 Å². The number of methoxy groups -OCH3 is 1. The Morgan fingerprint density at radius 1 is 1.27 bits per heavy atom. The monoisotopic (exact) mass is 412 g/mol. The number of aromatic nitrogens is 3. The molecule has 3 aromatic rings. The summed E-state index contributed by atoms with van der Waals surface area (Å²) >= 11 is 0. The molecule has 30 heavy (non-hydrogen) atoms. The Labute approximate surface area is 176 Å². The fourth-order valence-corrected chi connectivity index (χ4v) is 3.83. The van der Waals surface area contributed by atoms with Crippen LogP contribution < -0.4 is 20.7 Å². The van der Waals surface area contributed by atoms with Crippen LogP contribution in [0.15, 0.2) is 30.5 Å². The van der Waals surface area contributed by atoms with Crippen LogP contribution in [0.4, 0.5) is 16.0 Å². The van der Waals surface area contributed by atoms with Crippen molar-refractivity contribution in [3.8, 4) is 5.75 Å². The number of para-hydroxylation sites is 1. The average molecular weight is 413 g/mol. The van der Waals surface area contributed by atoms with E-state index in [1.807, 2.05) is 24.3 Å². The van der Waals surface area contributed by atoms with Crippen LogP contribution in [0.5, 0.6) is 5.75 Å². The van der Waals surface area contributed by atoms with Crippen LogP contribution >= 0.6 is 0 Å². The fraction of sp³-hybridized carbons (Fsp3) is 0.455. The van der Waals surface area contributed by atoms with Crippen molar-refractivity contribution in [3.63, 3.8) is 0 Å². The van der Waals surface area contributed by atoms with Crippen molar-refractivity contribution >= 4 is 17.3 Å². The first-order valence-electron chi connectivity index (χ1n) is 10.5. The van der Waals surface area contributed by atoms with E-state index in [-0.39, 0.29) is 17.8 Å². The molecule has 0 spiro atoms. The van der Waals surface area contributed by atoms with Crippen LogP contribution in [-0.4, -0.2) is 40.8 Å². The van der Waals surface area contributed by atoms with Gasteiger partial charge in [0.2, 0.25) is 5.82 Å². The topological polar surface area (TPSA) is 75.5 Å². The molecule has 1 fully saturated rings. The fourth-order valence-electron chi connectivity index (χ4n) is 3.83. The van der Waals surface area contributed by atoms with Gasteiger partial charge >= 0.3 is 0 Å². The molecule has 0 radical (unpaired) electrons. The van der Waals surface area contributed by atoms with Gasteiger partial charge in [-0.2, -0.15) is 14.0 Å². The molecule has 0 bridgehead atoms. The molecule has 2 aromatic heterocycles. The van der Waals surface area contributed by atoms with E-state index >= 15 is 4.39 Å². The minimum absolute atomic E-state index is 0.197. The lowest BCUT2D eigenvalue weighted by molar-refractivity contribution is 0.410. The lowest BCUT2D eigenvalue weighted by Gasteiger charge is -2.25. The lowest BCUT2D eigenvalue weighted by Crippen LogP contribution is -2.35. The summed E-state index contributed by atoms with van der Waals surface area (Å²) in [6, 6.07) is 7.90. The molecule has 1 aromatic carbocycles. The van der Waals surface area contributed by atoms with Crippen molar-refractivity contribution in [2.75, 3.05) is 30.8 Å². The van der Waals surface area contributed by atoms with Gasteiger partial charge in [-0.3, -0.25) is 0 Å². The number of nitrogens with zero attached hydrogens (tertiary/aromatic N) is 3. The van der Waals surface area contributed by atoms with Gasteiger partial charge in [-0.15, -0.1) is 0 Å². The normalized spacial score (nSPS) is 15.0. The largest absolute Gasteiger partial charge is 0.496 e. The van der Waals surface area contributed by atoms with Gasteiger partial charge in [0.1, 0.15) is 5.75 Å². The van der Waals surface area contributed by atoms with E-state index in [0.717, 1.165) is 42.8 Å². The van der Waals surface area contributed by atoms with Crippen molar-refractivity contribution in [3.05, 3.63) is 47.4 Å². The first-order chi connectivity index (χ1) is 14.6. The van der Waals surface area contributed by atoms with Gasteiger partial charge in [-0.25, -0.2) is 4.98 Å². The molecule has 160 valence electrons. The predicted octanol–water partition coefficient (Wildman–Crippen LogP) is 3.78. The number of benzene rings is 1. The quantitative estimate of drug-likeness (QED) is 0.548. The van der Waals surface area contributed by atoms with Crippen molar-refractivity contribution < 1.29 is 9.13 Å². The Hall–Kier alpha value is -2.87. The van der Waals surface area contributed by atoms with Crippen molar-refractivity contribution in [1.82, 2.24) is 19.9 Å². The Morgan fingerprint density at radius 3 is 2.77 bits per heavy atom. The van der Waals surface area contributed by atoms with Gasteiger partial charge in [-0.1, -0.05) is 32.0 Å². The van der Waals surface area contributed by atoms with Gasteiger partial charge in [0.15, 0.2) is 17.3 Å². The zero-order valence-electron chi connectivity index (χ0n) is 17.7. The first kappa shape index (κ1) is 20.4. The van der Waals surface area contributed by atoms with Crippen molar-refractivity contribution in [2.24, 2.45) is 0 Å². The van der Waals surface area contributed by atoms with Gasteiger partial charge in [0, 0.05) is 23.7 Å². The highest BCUT2D eigenvalue weighted by Crippen LogP contribution is 2.29. The van der Waals surface area contributed by atoms with Crippen LogP contribution in [0.1, 0.15) is 43.7 Å². The number of fused-ring (bicyclic) bond motifs is 1. The smallest absolute Gasteiger partial charge is 0.207 e. The molecule has 0 unspecified atom stereocenters. The number of rotatable bonds is 7. The molecule has 8 heteroatoms. The number of ether oxygens (including phenoxy) is 1. The van der Waals surface area contributed by atoms with E-state index in [0.29, 0.717) is 18.0 Å². The van der Waals surface area contributed by atoms with E-state index in [2.05, 4.69) is 39.9 Å². The standard InChI is InChI=1S/C22H29FN6O/c1-14(2)17-13-26-29-21(17)28-20(27-16-8-10-24-11-9-16)19(23)22(29)25-12-15-6-4-5-7-18(15)30-3/h4-7,13-14,16,24-25H,8-12H2,1-3H3,(H,27,28). The highest BCUT2D eigenvalue weighted by Gasteiger charge is 2.22. The lowest BCUT2D eigenvalue weighted by atomic mass is 10.1. The Bertz CT molecular complexity index is 1010. The molecule has 1 aliphatic heterocycles. The summed E-state index contributed by atoms with van der Waals surface area (Å²) < 4.78 is 22.5. The molecule has 3 heterocycles. The average Bonchev–Trinajstić information content (AvgIpc) is 3.18. The van der Waals surface area contributed by atoms with Gasteiger partial charge in [-0.05, 0) is 37.9 Å². The molecule has 0 amide bonds. The van der Waals surface area contributed by atoms with Crippen LogP contribution in [0, 0.1) is 5.82 Å². The molecule has 1 aliphatic rings. The summed E-state index contributed by atoms with van der Waals surface area (Å²) in [5, 5.41) is 14.3. The summed E-state index contributed by atoms with van der Waals surface area (Å²) in [6.45, 7) is 6.42. The molecular weight excluding hydrogens is 383 g/mol. The number of halogens is 1. The summed E-state index contributed by atoms with van der Waals surface area (Å²) in [5.41, 5.74) is 2.60. The Kier molecular flexibility index (Phi) is 6.03. The van der Waals surface area contributed by atoms with E-state index in [9.17, 15) is 0 Å². The van der Waals surface area contributed by atoms with Crippen molar-refractivity contribution in [2.45, 2.75) is 45.2 Å². The maximum atomic E-state index is 15.6. The third-order valence-corrected chi connectivity index (χ3v) is 5.56. The predicted molar refractivity (Wildman–Crippen MR) is 117 cm³/mol. The van der Waals surface area contributed by atoms with Gasteiger partial charge in [0.05, 0.1) is 13.3 Å². The summed E-state index contributed by atoms with van der Waals surface area (Å²) in [5.74, 6) is 1.14. The maximum absolute atomic E-state index is 15.6. The van der Waals surface area contributed by atoms with E-state index in [1.54, 1.807) is 17.8 Å². The van der Waals surface area contributed by atoms with Crippen LogP contribution in [0.2, 0.25) is 0 Å². The zero-order valence-corrected chi connectivity index (χ0v) is 17.7. The molecule has 0 saturated carbocycles. The minimum Gasteiger partial charge on any atom is -0.496 e. The summed E-state index contributed by atoms with van der Waals surface area (Å²) in [6.07, 6.45) is 3.65. The van der Waals surface area contributed by atoms with Crippen LogP contribution in [-0.2, 0) is 6.54 Å². The third kappa shape index (κ3) is 4.05. The zero-order chi connectivity index (χ0) is 21.1. The molecule has 4 rings (SSSR count). The Morgan fingerprint density at radius 2 is 2.03 bits per heavy atom. The Balaban J connectivity index is 1.71. The van der Waals surface area contributed by atoms with E-state index < -0.39 is 5.82 Å². The number of hydrogen-bond acceptors (Lipinski definition) is 6.